The second-order valence-corrected chi connectivity index (χ2v) is 8.72. The third-order valence-electron chi connectivity index (χ3n) is 5.17. The van der Waals surface area contributed by atoms with Gasteiger partial charge in [0.05, 0.1) is 6.54 Å². The Hall–Kier alpha value is -3.20. The Morgan fingerprint density at radius 1 is 1.03 bits per heavy atom. The van der Waals surface area contributed by atoms with Gasteiger partial charge in [-0.15, -0.1) is 11.6 Å². The molecule has 10 heteroatoms. The molecule has 4 amide bonds. The van der Waals surface area contributed by atoms with Crippen molar-refractivity contribution < 1.29 is 24.0 Å². The lowest BCUT2D eigenvalue weighted by molar-refractivity contribution is -0.130. The number of nitrogens with one attached hydrogen (secondary N) is 3. The summed E-state index contributed by atoms with van der Waals surface area (Å²) in [6.07, 6.45) is 5.20. The van der Waals surface area contributed by atoms with Crippen molar-refractivity contribution in [1.82, 2.24) is 15.5 Å². The van der Waals surface area contributed by atoms with Crippen LogP contribution in [0.1, 0.15) is 45.1 Å². The Morgan fingerprint density at radius 2 is 1.71 bits per heavy atom. The van der Waals surface area contributed by atoms with Crippen LogP contribution in [0.5, 0.6) is 0 Å². The number of allylic oxidation sites excluding steroid dienone is 1. The quantitative estimate of drug-likeness (QED) is 0.146. The fourth-order valence-corrected chi connectivity index (χ4v) is 3.29. The lowest BCUT2D eigenvalue weighted by Crippen LogP contribution is -2.51. The van der Waals surface area contributed by atoms with Crippen LogP contribution in [-0.2, 0) is 29.9 Å². The molecule has 1 aromatic carbocycles. The summed E-state index contributed by atoms with van der Waals surface area (Å²) in [5, 5.41) is 8.01. The molecule has 0 spiro atoms. The molecule has 0 saturated carbocycles. The van der Waals surface area contributed by atoms with Crippen LogP contribution in [0.2, 0.25) is 0 Å². The van der Waals surface area contributed by atoms with Gasteiger partial charge in [-0.3, -0.25) is 24.0 Å². The number of hydrogen-bond donors (Lipinski definition) is 3. The number of aldehydes is 1. The maximum atomic E-state index is 12.6. The van der Waals surface area contributed by atoms with Gasteiger partial charge in [0.25, 0.3) is 0 Å². The molecular weight excluding hydrogens is 472 g/mol. The Morgan fingerprint density at radius 3 is 2.31 bits per heavy atom. The van der Waals surface area contributed by atoms with Crippen LogP contribution >= 0.6 is 11.6 Å². The number of amides is 4. The van der Waals surface area contributed by atoms with Crippen LogP contribution in [0.3, 0.4) is 0 Å². The molecule has 0 aromatic heterocycles. The minimum atomic E-state index is -0.758. The topological polar surface area (TPSA) is 125 Å². The van der Waals surface area contributed by atoms with Gasteiger partial charge in [-0.1, -0.05) is 32.4 Å². The first-order valence-electron chi connectivity index (χ1n) is 11.6. The van der Waals surface area contributed by atoms with E-state index in [4.69, 9.17) is 11.6 Å². The molecule has 0 fully saturated rings. The molecule has 0 bridgehead atoms. The molecule has 0 aliphatic rings. The maximum Gasteiger partial charge on any atom is 0.246 e. The molecule has 0 aliphatic heterocycles. The molecule has 192 valence electrons. The third-order valence-corrected chi connectivity index (χ3v) is 5.48. The summed E-state index contributed by atoms with van der Waals surface area (Å²) >= 11 is 5.75. The Kier molecular flexibility index (Phi) is 14.0. The summed E-state index contributed by atoms with van der Waals surface area (Å²) in [7, 11) is 1.65. The molecule has 1 atom stereocenters. The molecule has 1 aromatic rings. The van der Waals surface area contributed by atoms with Gasteiger partial charge >= 0.3 is 0 Å². The summed E-state index contributed by atoms with van der Waals surface area (Å²) in [6.45, 7) is 3.92. The first-order chi connectivity index (χ1) is 16.7. The first-order valence-corrected chi connectivity index (χ1v) is 12.1. The average molecular weight is 507 g/mol. The smallest absolute Gasteiger partial charge is 0.246 e. The first kappa shape index (κ1) is 29.8. The highest BCUT2D eigenvalue weighted by Gasteiger charge is 2.24. The second kappa shape index (κ2) is 16.4. The van der Waals surface area contributed by atoms with Crippen molar-refractivity contribution in [2.75, 3.05) is 25.5 Å². The number of nitrogens with zero attached hydrogens (tertiary/aromatic N) is 1. The number of rotatable bonds is 15. The van der Waals surface area contributed by atoms with Crippen molar-refractivity contribution >= 4 is 47.2 Å². The number of carbonyl (C=O) groups excluding carboxylic acids is 5. The largest absolute Gasteiger partial charge is 0.345 e. The zero-order valence-corrected chi connectivity index (χ0v) is 21.3. The lowest BCUT2D eigenvalue weighted by atomic mass is 10.0. The van der Waals surface area contributed by atoms with E-state index in [0.717, 1.165) is 18.1 Å². The monoisotopic (exact) mass is 506 g/mol. The van der Waals surface area contributed by atoms with E-state index in [2.05, 4.69) is 16.0 Å². The molecule has 9 nitrogen and oxygen atoms in total. The number of unbranched alkanes of at least 4 members (excludes halogenated alkanes) is 2. The van der Waals surface area contributed by atoms with E-state index in [1.165, 1.54) is 11.0 Å². The van der Waals surface area contributed by atoms with Gasteiger partial charge in [-0.2, -0.15) is 0 Å². The predicted octanol–water partition coefficient (Wildman–Crippen LogP) is 2.39. The Bertz CT molecular complexity index is 886. The van der Waals surface area contributed by atoms with Gasteiger partial charge in [0.15, 0.2) is 0 Å². The molecular formula is C25H35ClN4O5. The van der Waals surface area contributed by atoms with Gasteiger partial charge in [-0.05, 0) is 42.5 Å². The van der Waals surface area contributed by atoms with Gasteiger partial charge < -0.3 is 20.9 Å². The predicted molar refractivity (Wildman–Crippen MR) is 136 cm³/mol. The highest BCUT2D eigenvalue weighted by atomic mass is 35.5. The van der Waals surface area contributed by atoms with Crippen LogP contribution in [0.4, 0.5) is 5.69 Å². The second-order valence-electron chi connectivity index (χ2n) is 8.45. The van der Waals surface area contributed by atoms with E-state index in [-0.39, 0.29) is 36.6 Å². The molecule has 0 aliphatic carbocycles. The van der Waals surface area contributed by atoms with E-state index >= 15 is 0 Å². The van der Waals surface area contributed by atoms with Crippen LogP contribution in [0.25, 0.3) is 0 Å². The molecule has 35 heavy (non-hydrogen) atoms. The van der Waals surface area contributed by atoms with Gasteiger partial charge in [0.2, 0.25) is 23.6 Å². The normalized spacial score (nSPS) is 11.7. The summed E-state index contributed by atoms with van der Waals surface area (Å²) in [5.41, 5.74) is 1.53. The average Bonchev–Trinajstić information content (AvgIpc) is 2.84. The Balaban J connectivity index is 2.37. The number of hydrogen-bond acceptors (Lipinski definition) is 5. The SMILES string of the molecule is CC(C)C(NC(=O)CCCCCN(C)C(=O)/C=C\C=O)C(=O)NCC(=O)Nc1ccc(CCl)cc1. The van der Waals surface area contributed by atoms with Crippen LogP contribution in [0, 0.1) is 5.92 Å². The van der Waals surface area contributed by atoms with Crippen molar-refractivity contribution in [1.29, 1.82) is 0 Å². The van der Waals surface area contributed by atoms with E-state index in [0.29, 0.717) is 37.2 Å². The minimum Gasteiger partial charge on any atom is -0.345 e. The van der Waals surface area contributed by atoms with Gasteiger partial charge in [-0.25, -0.2) is 0 Å². The number of anilines is 1. The third kappa shape index (κ3) is 12.2. The van der Waals surface area contributed by atoms with Crippen LogP contribution < -0.4 is 16.0 Å². The van der Waals surface area contributed by atoms with E-state index < -0.39 is 11.9 Å². The maximum absolute atomic E-state index is 12.6. The van der Waals surface area contributed by atoms with Crippen LogP contribution in [0.15, 0.2) is 36.4 Å². The molecule has 1 rings (SSSR count). The van der Waals surface area contributed by atoms with E-state index in [1.54, 1.807) is 31.3 Å². The molecule has 0 saturated heterocycles. The number of carbonyl (C=O) groups is 5. The molecule has 0 heterocycles. The minimum absolute atomic E-state index is 0.163. The standard InChI is InChI=1S/C25H35ClN4O5/c1-18(2)24(25(35)27-17-22(33)28-20-12-10-19(16-26)11-13-20)29-21(32)8-5-4-6-14-30(3)23(34)9-7-15-31/h7,9-13,15,18,24H,4-6,8,14,16-17H2,1-3H3,(H,27,35)(H,28,33)(H,29,32)/b9-7-. The highest BCUT2D eigenvalue weighted by molar-refractivity contribution is 6.17. The highest BCUT2D eigenvalue weighted by Crippen LogP contribution is 2.11. The molecule has 0 radical (unpaired) electrons. The molecule has 1 unspecified atom stereocenters. The van der Waals surface area contributed by atoms with Crippen molar-refractivity contribution in [2.24, 2.45) is 5.92 Å². The molecule has 3 N–H and O–H groups in total. The van der Waals surface area contributed by atoms with E-state index in [1.807, 2.05) is 13.8 Å². The fraction of sp³-hybridized carbons (Fsp3) is 0.480. The zero-order chi connectivity index (χ0) is 26.2. The lowest BCUT2D eigenvalue weighted by Gasteiger charge is -2.21. The number of likely N-dealkylation sites (N-methyl/N-ethyl adjacent to an activating group) is 1. The van der Waals surface area contributed by atoms with Crippen molar-refractivity contribution in [3.05, 3.63) is 42.0 Å². The van der Waals surface area contributed by atoms with Crippen molar-refractivity contribution in [3.8, 4) is 0 Å². The Labute approximate surface area is 211 Å². The summed E-state index contributed by atoms with van der Waals surface area (Å²) in [6, 6.07) is 6.31. The number of benzene rings is 1. The van der Waals surface area contributed by atoms with E-state index in [9.17, 15) is 24.0 Å². The summed E-state index contributed by atoms with van der Waals surface area (Å²) in [5.74, 6) is -1.09. The van der Waals surface area contributed by atoms with Crippen molar-refractivity contribution in [2.45, 2.75) is 51.5 Å². The fourth-order valence-electron chi connectivity index (χ4n) is 3.11. The number of alkyl halides is 1. The van der Waals surface area contributed by atoms with Gasteiger partial charge in [0, 0.05) is 37.7 Å². The van der Waals surface area contributed by atoms with Crippen LogP contribution in [-0.4, -0.2) is 61.0 Å². The van der Waals surface area contributed by atoms with Crippen molar-refractivity contribution in [3.63, 3.8) is 0 Å². The van der Waals surface area contributed by atoms with Gasteiger partial charge in [0.1, 0.15) is 12.3 Å². The summed E-state index contributed by atoms with van der Waals surface area (Å²) in [4.78, 5) is 60.5. The summed E-state index contributed by atoms with van der Waals surface area (Å²) < 4.78 is 0. The number of halogens is 1. The zero-order valence-electron chi connectivity index (χ0n) is 20.5.